The molecule has 1 unspecified atom stereocenters. The second-order valence-electron chi connectivity index (χ2n) is 5.75. The lowest BCUT2D eigenvalue weighted by Gasteiger charge is -2.09. The number of nitrogens with zero attached hydrogens (tertiary/aromatic N) is 3. The molecule has 110 valence electrons. The third-order valence-electron chi connectivity index (χ3n) is 4.16. The Morgan fingerprint density at radius 1 is 1.48 bits per heavy atom. The van der Waals surface area contributed by atoms with Gasteiger partial charge in [0, 0.05) is 23.4 Å². The molecule has 6 heteroatoms. The molecule has 3 rings (SSSR count). The van der Waals surface area contributed by atoms with Gasteiger partial charge in [0.1, 0.15) is 5.69 Å². The van der Waals surface area contributed by atoms with Crippen molar-refractivity contribution < 1.29 is 4.92 Å². The third kappa shape index (κ3) is 2.49. The number of hydrogen-bond donors (Lipinski definition) is 1. The molecule has 0 amide bonds. The molecule has 2 aromatic rings. The van der Waals surface area contributed by atoms with E-state index in [-0.39, 0.29) is 10.6 Å². The molecule has 1 heterocycles. The molecule has 21 heavy (non-hydrogen) atoms. The Bertz CT molecular complexity index is 704. The van der Waals surface area contributed by atoms with E-state index in [9.17, 15) is 10.1 Å². The SMILES string of the molecule is Cc1ccc(-c2nn(C(C)C3CC3)cc2N)cc1[N+](=O)[O-]. The zero-order valence-corrected chi connectivity index (χ0v) is 12.1. The van der Waals surface area contributed by atoms with E-state index in [0.717, 1.165) is 0 Å². The Morgan fingerprint density at radius 3 is 2.81 bits per heavy atom. The molecule has 0 aliphatic heterocycles. The van der Waals surface area contributed by atoms with Crippen LogP contribution in [0.3, 0.4) is 0 Å². The van der Waals surface area contributed by atoms with E-state index in [1.807, 2.05) is 16.9 Å². The van der Waals surface area contributed by atoms with Gasteiger partial charge in [-0.1, -0.05) is 12.1 Å². The molecule has 1 fully saturated rings. The summed E-state index contributed by atoms with van der Waals surface area (Å²) < 4.78 is 1.88. The van der Waals surface area contributed by atoms with Crippen molar-refractivity contribution in [3.05, 3.63) is 40.1 Å². The number of aromatic nitrogens is 2. The fourth-order valence-corrected chi connectivity index (χ4v) is 2.59. The molecule has 1 aliphatic rings. The number of benzene rings is 1. The topological polar surface area (TPSA) is 87.0 Å². The van der Waals surface area contributed by atoms with Crippen LogP contribution in [0.25, 0.3) is 11.3 Å². The first-order chi connectivity index (χ1) is 9.97. The number of nitro groups is 1. The maximum absolute atomic E-state index is 11.0. The van der Waals surface area contributed by atoms with Gasteiger partial charge in [-0.25, -0.2) is 0 Å². The van der Waals surface area contributed by atoms with Gasteiger partial charge in [0.15, 0.2) is 0 Å². The summed E-state index contributed by atoms with van der Waals surface area (Å²) in [4.78, 5) is 10.7. The van der Waals surface area contributed by atoms with Gasteiger partial charge in [-0.3, -0.25) is 14.8 Å². The lowest BCUT2D eigenvalue weighted by atomic mass is 10.1. The number of nitro benzene ring substituents is 1. The minimum absolute atomic E-state index is 0.0942. The van der Waals surface area contributed by atoms with Crippen molar-refractivity contribution in [2.45, 2.75) is 32.7 Å². The molecular weight excluding hydrogens is 268 g/mol. The average Bonchev–Trinajstić information content (AvgIpc) is 3.21. The number of nitrogens with two attached hydrogens (primary N) is 1. The number of anilines is 1. The molecule has 1 aromatic heterocycles. The van der Waals surface area contributed by atoms with Crippen LogP contribution in [0, 0.1) is 23.0 Å². The van der Waals surface area contributed by atoms with Crippen LogP contribution in [0.4, 0.5) is 11.4 Å². The van der Waals surface area contributed by atoms with Gasteiger partial charge in [-0.15, -0.1) is 0 Å². The Balaban J connectivity index is 2.00. The highest BCUT2D eigenvalue weighted by atomic mass is 16.6. The van der Waals surface area contributed by atoms with Crippen molar-refractivity contribution in [3.63, 3.8) is 0 Å². The van der Waals surface area contributed by atoms with Crippen LogP contribution in [-0.4, -0.2) is 14.7 Å². The van der Waals surface area contributed by atoms with Gasteiger partial charge in [0.05, 0.1) is 16.7 Å². The van der Waals surface area contributed by atoms with Crippen LogP contribution in [0.2, 0.25) is 0 Å². The van der Waals surface area contributed by atoms with Crippen LogP contribution >= 0.6 is 0 Å². The van der Waals surface area contributed by atoms with E-state index in [1.165, 1.54) is 12.8 Å². The number of rotatable bonds is 4. The molecule has 0 spiro atoms. The summed E-state index contributed by atoms with van der Waals surface area (Å²) in [7, 11) is 0. The first-order valence-electron chi connectivity index (χ1n) is 7.07. The van der Waals surface area contributed by atoms with Crippen molar-refractivity contribution >= 4 is 11.4 Å². The minimum Gasteiger partial charge on any atom is -0.396 e. The summed E-state index contributed by atoms with van der Waals surface area (Å²) in [6, 6.07) is 5.42. The maximum Gasteiger partial charge on any atom is 0.272 e. The van der Waals surface area contributed by atoms with Crippen LogP contribution in [0.5, 0.6) is 0 Å². The van der Waals surface area contributed by atoms with E-state index in [0.29, 0.717) is 34.5 Å². The Labute approximate surface area is 122 Å². The van der Waals surface area contributed by atoms with Crippen molar-refractivity contribution in [2.75, 3.05) is 5.73 Å². The second kappa shape index (κ2) is 4.87. The molecule has 1 atom stereocenters. The van der Waals surface area contributed by atoms with Crippen molar-refractivity contribution in [1.82, 2.24) is 9.78 Å². The van der Waals surface area contributed by atoms with Crippen LogP contribution < -0.4 is 5.73 Å². The van der Waals surface area contributed by atoms with Crippen molar-refractivity contribution in [2.24, 2.45) is 5.92 Å². The minimum atomic E-state index is -0.376. The number of hydrogen-bond acceptors (Lipinski definition) is 4. The van der Waals surface area contributed by atoms with E-state index in [2.05, 4.69) is 12.0 Å². The summed E-state index contributed by atoms with van der Waals surface area (Å²) in [5.74, 6) is 0.671. The van der Waals surface area contributed by atoms with Crippen LogP contribution in [0.15, 0.2) is 24.4 Å². The van der Waals surface area contributed by atoms with Crippen LogP contribution in [-0.2, 0) is 0 Å². The normalized spacial score (nSPS) is 15.9. The quantitative estimate of drug-likeness (QED) is 0.690. The maximum atomic E-state index is 11.0. The fraction of sp³-hybridized carbons (Fsp3) is 0.400. The predicted molar refractivity (Wildman–Crippen MR) is 80.9 cm³/mol. The summed E-state index contributed by atoms with van der Waals surface area (Å²) in [5.41, 5.74) is 8.63. The molecule has 1 aliphatic carbocycles. The summed E-state index contributed by atoms with van der Waals surface area (Å²) in [6.07, 6.45) is 4.28. The average molecular weight is 286 g/mol. The van der Waals surface area contributed by atoms with Crippen molar-refractivity contribution in [1.29, 1.82) is 0 Å². The third-order valence-corrected chi connectivity index (χ3v) is 4.16. The van der Waals surface area contributed by atoms with E-state index >= 15 is 0 Å². The van der Waals surface area contributed by atoms with E-state index in [4.69, 9.17) is 5.73 Å². The van der Waals surface area contributed by atoms with Gasteiger partial charge >= 0.3 is 0 Å². The molecular formula is C15H18N4O2. The zero-order valence-electron chi connectivity index (χ0n) is 12.1. The van der Waals surface area contributed by atoms with E-state index in [1.54, 1.807) is 19.1 Å². The highest BCUT2D eigenvalue weighted by Gasteiger charge is 2.30. The highest BCUT2D eigenvalue weighted by molar-refractivity contribution is 5.74. The lowest BCUT2D eigenvalue weighted by molar-refractivity contribution is -0.385. The first-order valence-corrected chi connectivity index (χ1v) is 7.07. The zero-order chi connectivity index (χ0) is 15.1. The smallest absolute Gasteiger partial charge is 0.272 e. The van der Waals surface area contributed by atoms with E-state index < -0.39 is 0 Å². The summed E-state index contributed by atoms with van der Waals surface area (Å²) >= 11 is 0. The predicted octanol–water partition coefficient (Wildman–Crippen LogP) is 3.32. The fourth-order valence-electron chi connectivity index (χ4n) is 2.59. The Morgan fingerprint density at radius 2 is 2.19 bits per heavy atom. The van der Waals surface area contributed by atoms with Gasteiger partial charge in [0.25, 0.3) is 5.69 Å². The Hall–Kier alpha value is -2.37. The molecule has 0 radical (unpaired) electrons. The number of aryl methyl sites for hydroxylation is 1. The van der Waals surface area contributed by atoms with Gasteiger partial charge in [-0.05, 0) is 32.6 Å². The molecule has 0 bridgehead atoms. The van der Waals surface area contributed by atoms with Gasteiger partial charge in [-0.2, -0.15) is 5.10 Å². The standard InChI is InChI=1S/C15H18N4O2/c1-9-3-4-12(7-14(9)19(20)21)15-13(16)8-18(17-15)10(2)11-5-6-11/h3-4,7-8,10-11H,5-6,16H2,1-2H3. The molecule has 1 aromatic carbocycles. The highest BCUT2D eigenvalue weighted by Crippen LogP contribution is 2.40. The molecule has 0 saturated heterocycles. The Kier molecular flexibility index (Phi) is 3.16. The monoisotopic (exact) mass is 286 g/mol. The van der Waals surface area contributed by atoms with Gasteiger partial charge in [0.2, 0.25) is 0 Å². The molecule has 1 saturated carbocycles. The van der Waals surface area contributed by atoms with Crippen LogP contribution in [0.1, 0.15) is 31.4 Å². The molecule has 6 nitrogen and oxygen atoms in total. The van der Waals surface area contributed by atoms with Crippen molar-refractivity contribution in [3.8, 4) is 11.3 Å². The largest absolute Gasteiger partial charge is 0.396 e. The van der Waals surface area contributed by atoms with Gasteiger partial charge < -0.3 is 5.73 Å². The molecule has 2 N–H and O–H groups in total. The second-order valence-corrected chi connectivity index (χ2v) is 5.75. The lowest BCUT2D eigenvalue weighted by Crippen LogP contribution is -2.07. The summed E-state index contributed by atoms with van der Waals surface area (Å²) in [5, 5.41) is 15.6. The summed E-state index contributed by atoms with van der Waals surface area (Å²) in [6.45, 7) is 3.85. The number of nitrogen functional groups attached to an aromatic ring is 1. The first kappa shape index (κ1) is 13.6.